The lowest BCUT2D eigenvalue weighted by molar-refractivity contribution is -0.137. The van der Waals surface area contributed by atoms with E-state index in [1.165, 1.54) is 6.07 Å². The molecule has 1 aromatic carbocycles. The van der Waals surface area contributed by atoms with Gasteiger partial charge in [-0.25, -0.2) is 0 Å². The summed E-state index contributed by atoms with van der Waals surface area (Å²) in [6, 6.07) is 3.56. The number of benzene rings is 1. The van der Waals surface area contributed by atoms with Gasteiger partial charge >= 0.3 is 6.18 Å². The molecule has 2 nitrogen and oxygen atoms in total. The van der Waals surface area contributed by atoms with Crippen molar-refractivity contribution in [2.75, 3.05) is 23.7 Å². The summed E-state index contributed by atoms with van der Waals surface area (Å²) in [6.45, 7) is 7.69. The Kier molecular flexibility index (Phi) is 5.09. The molecule has 1 atom stereocenters. The van der Waals surface area contributed by atoms with Gasteiger partial charge in [-0.15, -0.1) is 0 Å². The summed E-state index contributed by atoms with van der Waals surface area (Å²) in [5.74, 6) is 0.474. The first-order chi connectivity index (χ1) is 8.79. The van der Waals surface area contributed by atoms with Gasteiger partial charge in [0.1, 0.15) is 0 Å². The summed E-state index contributed by atoms with van der Waals surface area (Å²) in [4.78, 5) is 2.02. The highest BCUT2D eigenvalue weighted by atomic mass is 19.4. The molecule has 108 valence electrons. The van der Waals surface area contributed by atoms with Crippen molar-refractivity contribution in [2.24, 2.45) is 5.92 Å². The summed E-state index contributed by atoms with van der Waals surface area (Å²) in [5, 5.41) is 0. The third-order valence-electron chi connectivity index (χ3n) is 3.31. The fourth-order valence-corrected chi connectivity index (χ4v) is 1.92. The summed E-state index contributed by atoms with van der Waals surface area (Å²) >= 11 is 0. The number of alkyl halides is 3. The molecule has 1 unspecified atom stereocenters. The van der Waals surface area contributed by atoms with E-state index in [0.29, 0.717) is 11.6 Å². The van der Waals surface area contributed by atoms with Gasteiger partial charge in [-0.1, -0.05) is 20.3 Å². The Morgan fingerprint density at radius 1 is 1.26 bits per heavy atom. The molecule has 1 aromatic rings. The quantitative estimate of drug-likeness (QED) is 0.817. The van der Waals surface area contributed by atoms with Crippen molar-refractivity contribution in [3.8, 4) is 0 Å². The third-order valence-corrected chi connectivity index (χ3v) is 3.31. The number of hydrogen-bond acceptors (Lipinski definition) is 2. The number of anilines is 2. The normalized spacial score (nSPS) is 13.4. The van der Waals surface area contributed by atoms with E-state index in [1.54, 1.807) is 0 Å². The minimum Gasteiger partial charge on any atom is -0.397 e. The number of nitrogen functional groups attached to an aromatic ring is 1. The van der Waals surface area contributed by atoms with Crippen molar-refractivity contribution in [2.45, 2.75) is 33.4 Å². The van der Waals surface area contributed by atoms with Crippen molar-refractivity contribution in [3.63, 3.8) is 0 Å². The summed E-state index contributed by atoms with van der Waals surface area (Å²) in [5.41, 5.74) is 5.93. The van der Waals surface area contributed by atoms with Gasteiger partial charge in [0.25, 0.3) is 0 Å². The standard InChI is InChI=1S/C14H21F3N2/c1-4-10(3)9-19(5-2)13-7-6-11(8-12(13)18)14(15,16)17/h6-8,10H,4-5,9,18H2,1-3H3. The van der Waals surface area contributed by atoms with Crippen molar-refractivity contribution in [3.05, 3.63) is 23.8 Å². The van der Waals surface area contributed by atoms with Crippen LogP contribution in [0, 0.1) is 5.92 Å². The smallest absolute Gasteiger partial charge is 0.397 e. The number of halogens is 3. The monoisotopic (exact) mass is 274 g/mol. The van der Waals surface area contributed by atoms with Crippen LogP contribution in [0.5, 0.6) is 0 Å². The average Bonchev–Trinajstić information content (AvgIpc) is 2.34. The fourth-order valence-electron chi connectivity index (χ4n) is 1.92. The van der Waals surface area contributed by atoms with Crippen molar-refractivity contribution >= 4 is 11.4 Å². The van der Waals surface area contributed by atoms with E-state index in [0.717, 1.165) is 31.6 Å². The third kappa shape index (κ3) is 4.04. The van der Waals surface area contributed by atoms with Crippen molar-refractivity contribution < 1.29 is 13.2 Å². The molecule has 0 spiro atoms. The van der Waals surface area contributed by atoms with Gasteiger partial charge in [-0.2, -0.15) is 13.2 Å². The van der Waals surface area contributed by atoms with Gasteiger partial charge in [0, 0.05) is 13.1 Å². The van der Waals surface area contributed by atoms with Crippen LogP contribution in [-0.2, 0) is 6.18 Å². The van der Waals surface area contributed by atoms with Crippen LogP contribution in [0.4, 0.5) is 24.5 Å². The molecule has 0 aromatic heterocycles. The van der Waals surface area contributed by atoms with Gasteiger partial charge in [-0.3, -0.25) is 0 Å². The van der Waals surface area contributed by atoms with Crippen LogP contribution in [0.1, 0.15) is 32.8 Å². The van der Waals surface area contributed by atoms with E-state index in [9.17, 15) is 13.2 Å². The maximum Gasteiger partial charge on any atom is 0.416 e. The van der Waals surface area contributed by atoms with Gasteiger partial charge in [-0.05, 0) is 31.0 Å². The number of nitrogens with zero attached hydrogens (tertiary/aromatic N) is 1. The largest absolute Gasteiger partial charge is 0.416 e. The highest BCUT2D eigenvalue weighted by Crippen LogP contribution is 2.34. The molecule has 0 amide bonds. The topological polar surface area (TPSA) is 29.3 Å². The lowest BCUT2D eigenvalue weighted by Gasteiger charge is -2.27. The Bertz CT molecular complexity index is 416. The summed E-state index contributed by atoms with van der Waals surface area (Å²) < 4.78 is 37.7. The Morgan fingerprint density at radius 3 is 2.32 bits per heavy atom. The van der Waals surface area contributed by atoms with Gasteiger partial charge in [0.15, 0.2) is 0 Å². The number of nitrogens with two attached hydrogens (primary N) is 1. The minimum atomic E-state index is -4.35. The van der Waals surface area contributed by atoms with Crippen LogP contribution >= 0.6 is 0 Å². The van der Waals surface area contributed by atoms with Crippen LogP contribution in [0.15, 0.2) is 18.2 Å². The molecule has 0 fully saturated rings. The Hall–Kier alpha value is -1.39. The molecule has 0 heterocycles. The first-order valence-electron chi connectivity index (χ1n) is 6.51. The predicted octanol–water partition coefficient (Wildman–Crippen LogP) is 4.16. The van der Waals surface area contributed by atoms with Crippen LogP contribution in [0.25, 0.3) is 0 Å². The van der Waals surface area contributed by atoms with E-state index in [2.05, 4.69) is 13.8 Å². The summed E-state index contributed by atoms with van der Waals surface area (Å²) in [7, 11) is 0. The zero-order valence-electron chi connectivity index (χ0n) is 11.6. The second-order valence-corrected chi connectivity index (χ2v) is 4.82. The van der Waals surface area contributed by atoms with E-state index in [1.807, 2.05) is 11.8 Å². The molecule has 2 N–H and O–H groups in total. The van der Waals surface area contributed by atoms with E-state index in [4.69, 9.17) is 5.73 Å². The second kappa shape index (κ2) is 6.17. The van der Waals surface area contributed by atoms with E-state index in [-0.39, 0.29) is 5.69 Å². The minimum absolute atomic E-state index is 0.181. The molecule has 19 heavy (non-hydrogen) atoms. The van der Waals surface area contributed by atoms with Crippen LogP contribution < -0.4 is 10.6 Å². The predicted molar refractivity (Wildman–Crippen MR) is 73.2 cm³/mol. The fraction of sp³-hybridized carbons (Fsp3) is 0.571. The van der Waals surface area contributed by atoms with Crippen LogP contribution in [-0.4, -0.2) is 13.1 Å². The maximum atomic E-state index is 12.6. The number of hydrogen-bond donors (Lipinski definition) is 1. The average molecular weight is 274 g/mol. The highest BCUT2D eigenvalue weighted by molar-refractivity contribution is 5.68. The Morgan fingerprint density at radius 2 is 1.89 bits per heavy atom. The Balaban J connectivity index is 3.00. The lowest BCUT2D eigenvalue weighted by atomic mass is 10.1. The molecular formula is C14H21F3N2. The maximum absolute atomic E-state index is 12.6. The molecule has 5 heteroatoms. The van der Waals surface area contributed by atoms with E-state index >= 15 is 0 Å². The molecule has 0 aliphatic heterocycles. The highest BCUT2D eigenvalue weighted by Gasteiger charge is 2.31. The molecule has 0 saturated heterocycles. The molecule has 0 saturated carbocycles. The first-order valence-corrected chi connectivity index (χ1v) is 6.51. The van der Waals surface area contributed by atoms with E-state index < -0.39 is 11.7 Å². The zero-order valence-corrected chi connectivity index (χ0v) is 11.6. The second-order valence-electron chi connectivity index (χ2n) is 4.82. The van der Waals surface area contributed by atoms with Crippen molar-refractivity contribution in [1.29, 1.82) is 0 Å². The number of rotatable bonds is 5. The molecular weight excluding hydrogens is 253 g/mol. The SMILES string of the molecule is CCC(C)CN(CC)c1ccc(C(F)(F)F)cc1N. The van der Waals surface area contributed by atoms with Crippen molar-refractivity contribution in [1.82, 2.24) is 0 Å². The lowest BCUT2D eigenvalue weighted by Crippen LogP contribution is -2.28. The summed E-state index contributed by atoms with van der Waals surface area (Å²) in [6.07, 6.45) is -3.32. The zero-order chi connectivity index (χ0) is 14.6. The molecule has 0 radical (unpaired) electrons. The van der Waals surface area contributed by atoms with Gasteiger partial charge < -0.3 is 10.6 Å². The molecule has 0 aliphatic rings. The van der Waals surface area contributed by atoms with Crippen LogP contribution in [0.2, 0.25) is 0 Å². The Labute approximate surface area is 112 Å². The first kappa shape index (κ1) is 15.7. The van der Waals surface area contributed by atoms with Gasteiger partial charge in [0.2, 0.25) is 0 Å². The molecule has 0 aliphatic carbocycles. The van der Waals surface area contributed by atoms with Gasteiger partial charge in [0.05, 0.1) is 16.9 Å². The molecule has 1 rings (SSSR count). The molecule has 0 bridgehead atoms. The van der Waals surface area contributed by atoms with Crippen LogP contribution in [0.3, 0.4) is 0 Å².